The molecule has 0 aliphatic heterocycles. The smallest absolute Gasteiger partial charge is 0.251 e. The Bertz CT molecular complexity index is 872. The number of rotatable bonds is 3. The molecule has 104 valence electrons. The number of carbonyl (C=O) groups excluding carboxylic acids is 2. The minimum atomic E-state index is -0.929. The number of amides is 1. The molecule has 1 amide bonds. The van der Waals surface area contributed by atoms with Gasteiger partial charge in [0.2, 0.25) is 0 Å². The fraction of sp³-hybridized carbons (Fsp3) is 0. The number of H-pyrrole nitrogens is 1. The molecule has 2 aromatic heterocycles. The van der Waals surface area contributed by atoms with Crippen LogP contribution >= 0.6 is 0 Å². The second-order valence-corrected chi connectivity index (χ2v) is 4.35. The molecule has 6 nitrogen and oxygen atoms in total. The molecule has 0 saturated heterocycles. The van der Waals surface area contributed by atoms with Gasteiger partial charge in [-0.05, 0) is 12.1 Å². The number of halogens is 1. The highest BCUT2D eigenvalue weighted by molar-refractivity contribution is 6.16. The minimum absolute atomic E-state index is 0.226. The second kappa shape index (κ2) is 4.78. The quantitative estimate of drug-likeness (QED) is 0.710. The summed E-state index contributed by atoms with van der Waals surface area (Å²) >= 11 is 0. The normalized spacial score (nSPS) is 10.7. The van der Waals surface area contributed by atoms with Crippen molar-refractivity contribution in [3.8, 4) is 0 Å². The zero-order chi connectivity index (χ0) is 15.0. The summed E-state index contributed by atoms with van der Waals surface area (Å²) in [6.07, 6.45) is 4.22. The van der Waals surface area contributed by atoms with Crippen molar-refractivity contribution in [2.24, 2.45) is 5.73 Å². The van der Waals surface area contributed by atoms with Gasteiger partial charge < -0.3 is 10.7 Å². The van der Waals surface area contributed by atoms with E-state index >= 15 is 0 Å². The highest BCUT2D eigenvalue weighted by atomic mass is 19.1. The lowest BCUT2D eigenvalue weighted by Gasteiger charge is -2.04. The van der Waals surface area contributed by atoms with Crippen LogP contribution in [0, 0.1) is 5.82 Å². The molecule has 3 aromatic rings. The van der Waals surface area contributed by atoms with Crippen LogP contribution in [-0.2, 0) is 0 Å². The van der Waals surface area contributed by atoms with Crippen LogP contribution in [-0.4, -0.2) is 26.6 Å². The Balaban J connectivity index is 2.15. The van der Waals surface area contributed by atoms with Crippen LogP contribution in [0.1, 0.15) is 26.3 Å². The van der Waals surface area contributed by atoms with Crippen LogP contribution in [0.25, 0.3) is 11.0 Å². The molecular weight excluding hydrogens is 275 g/mol. The number of ketones is 1. The lowest BCUT2D eigenvalue weighted by Crippen LogP contribution is -2.16. The summed E-state index contributed by atoms with van der Waals surface area (Å²) in [7, 11) is 0. The van der Waals surface area contributed by atoms with Crippen LogP contribution in [0.2, 0.25) is 0 Å². The summed E-state index contributed by atoms with van der Waals surface area (Å²) in [6, 6.07) is 3.93. The molecule has 0 aliphatic rings. The number of hydrogen-bond donors (Lipinski definition) is 2. The molecule has 1 aromatic carbocycles. The topological polar surface area (TPSA) is 102 Å². The first-order valence-electron chi connectivity index (χ1n) is 5.99. The average molecular weight is 284 g/mol. The molecule has 0 spiro atoms. The zero-order valence-corrected chi connectivity index (χ0v) is 10.6. The summed E-state index contributed by atoms with van der Waals surface area (Å²) in [6.45, 7) is 0. The van der Waals surface area contributed by atoms with Gasteiger partial charge in [-0.15, -0.1) is 0 Å². The molecule has 3 N–H and O–H groups in total. The maximum Gasteiger partial charge on any atom is 0.251 e. The van der Waals surface area contributed by atoms with Gasteiger partial charge in [-0.25, -0.2) is 14.4 Å². The Hall–Kier alpha value is -3.09. The minimum Gasteiger partial charge on any atom is -0.366 e. The molecule has 21 heavy (non-hydrogen) atoms. The van der Waals surface area contributed by atoms with E-state index < -0.39 is 17.5 Å². The van der Waals surface area contributed by atoms with Crippen molar-refractivity contribution in [3.63, 3.8) is 0 Å². The third-order valence-electron chi connectivity index (χ3n) is 3.11. The number of hydrogen-bond acceptors (Lipinski definition) is 4. The summed E-state index contributed by atoms with van der Waals surface area (Å²) in [4.78, 5) is 34.2. The van der Waals surface area contributed by atoms with E-state index in [1.54, 1.807) is 0 Å². The zero-order valence-electron chi connectivity index (χ0n) is 10.6. The third kappa shape index (κ3) is 2.04. The Morgan fingerprint density at radius 1 is 1.19 bits per heavy atom. The van der Waals surface area contributed by atoms with Crippen molar-refractivity contribution in [2.45, 2.75) is 0 Å². The van der Waals surface area contributed by atoms with Crippen molar-refractivity contribution in [1.29, 1.82) is 0 Å². The molecule has 0 fully saturated rings. The molecule has 2 heterocycles. The van der Waals surface area contributed by atoms with Crippen LogP contribution < -0.4 is 5.73 Å². The SMILES string of the molecule is NC(=O)c1cccc(C(=O)c2c[nH]c3ncncc23)c1F. The Kier molecular flexibility index (Phi) is 2.94. The number of benzene rings is 1. The molecule has 0 aliphatic carbocycles. The molecule has 3 rings (SSSR count). The number of carbonyl (C=O) groups is 2. The number of nitrogens with zero attached hydrogens (tertiary/aromatic N) is 2. The Morgan fingerprint density at radius 3 is 2.71 bits per heavy atom. The largest absolute Gasteiger partial charge is 0.366 e. The van der Waals surface area contributed by atoms with Crippen molar-refractivity contribution in [2.75, 3.05) is 0 Å². The number of nitrogens with two attached hydrogens (primary N) is 1. The van der Waals surface area contributed by atoms with Gasteiger partial charge in [0.15, 0.2) is 5.78 Å². The van der Waals surface area contributed by atoms with E-state index in [0.29, 0.717) is 11.0 Å². The summed E-state index contributed by atoms with van der Waals surface area (Å²) in [5.74, 6) is -2.43. The number of aromatic nitrogens is 3. The molecule has 0 saturated carbocycles. The predicted octanol–water partition coefficient (Wildman–Crippen LogP) is 1.43. The number of nitrogens with one attached hydrogen (secondary N) is 1. The van der Waals surface area contributed by atoms with Crippen LogP contribution in [0.4, 0.5) is 4.39 Å². The number of fused-ring (bicyclic) bond motifs is 1. The van der Waals surface area contributed by atoms with Crippen LogP contribution in [0.3, 0.4) is 0 Å². The van der Waals surface area contributed by atoms with E-state index in [2.05, 4.69) is 15.0 Å². The molecule has 0 bridgehead atoms. The van der Waals surface area contributed by atoms with Crippen LogP contribution in [0.5, 0.6) is 0 Å². The third-order valence-corrected chi connectivity index (χ3v) is 3.11. The molecular formula is C14H9FN4O2. The first-order chi connectivity index (χ1) is 10.1. The standard InChI is InChI=1S/C14H9FN4O2/c15-11-7(2-1-3-8(11)13(16)21)12(20)9-5-18-14-10(9)4-17-6-19-14/h1-6H,(H2,16,21)(H,17,18,19). The number of aromatic amines is 1. The van der Waals surface area contributed by atoms with Gasteiger partial charge in [-0.2, -0.15) is 0 Å². The van der Waals surface area contributed by atoms with Crippen LogP contribution in [0.15, 0.2) is 36.9 Å². The van der Waals surface area contributed by atoms with Gasteiger partial charge in [0, 0.05) is 17.8 Å². The molecule has 0 atom stereocenters. The van der Waals surface area contributed by atoms with E-state index in [1.807, 2.05) is 0 Å². The first kappa shape index (κ1) is 12.9. The maximum atomic E-state index is 14.2. The Morgan fingerprint density at radius 2 is 1.95 bits per heavy atom. The molecule has 0 unspecified atom stereocenters. The lowest BCUT2D eigenvalue weighted by atomic mass is 10.0. The van der Waals surface area contributed by atoms with E-state index in [0.717, 1.165) is 0 Å². The maximum absolute atomic E-state index is 14.2. The fourth-order valence-electron chi connectivity index (χ4n) is 2.09. The van der Waals surface area contributed by atoms with Gasteiger partial charge in [0.05, 0.1) is 16.7 Å². The van der Waals surface area contributed by atoms with Gasteiger partial charge in [-0.1, -0.05) is 6.07 Å². The van der Waals surface area contributed by atoms with Crippen molar-refractivity contribution < 1.29 is 14.0 Å². The van der Waals surface area contributed by atoms with E-state index in [-0.39, 0.29) is 16.7 Å². The van der Waals surface area contributed by atoms with Crippen molar-refractivity contribution in [3.05, 3.63) is 59.4 Å². The summed E-state index contributed by atoms with van der Waals surface area (Å²) < 4.78 is 14.2. The monoisotopic (exact) mass is 284 g/mol. The van der Waals surface area contributed by atoms with Gasteiger partial charge in [0.25, 0.3) is 5.91 Å². The Labute approximate surface area is 117 Å². The van der Waals surface area contributed by atoms with Crippen molar-refractivity contribution >= 4 is 22.7 Å². The van der Waals surface area contributed by atoms with E-state index in [1.165, 1.54) is 36.9 Å². The predicted molar refractivity (Wildman–Crippen MR) is 72.2 cm³/mol. The summed E-state index contributed by atoms with van der Waals surface area (Å²) in [5.41, 5.74) is 5.23. The molecule has 0 radical (unpaired) electrons. The highest BCUT2D eigenvalue weighted by Crippen LogP contribution is 2.21. The fourth-order valence-corrected chi connectivity index (χ4v) is 2.09. The van der Waals surface area contributed by atoms with Gasteiger partial charge in [-0.3, -0.25) is 9.59 Å². The molecule has 7 heteroatoms. The van der Waals surface area contributed by atoms with E-state index in [4.69, 9.17) is 5.73 Å². The summed E-state index contributed by atoms with van der Waals surface area (Å²) in [5, 5.41) is 0.478. The second-order valence-electron chi connectivity index (χ2n) is 4.35. The van der Waals surface area contributed by atoms with Crippen molar-refractivity contribution in [1.82, 2.24) is 15.0 Å². The lowest BCUT2D eigenvalue weighted by molar-refractivity contribution is 0.0996. The highest BCUT2D eigenvalue weighted by Gasteiger charge is 2.21. The number of primary amides is 1. The first-order valence-corrected chi connectivity index (χ1v) is 5.99. The van der Waals surface area contributed by atoms with E-state index in [9.17, 15) is 14.0 Å². The van der Waals surface area contributed by atoms with Gasteiger partial charge in [0.1, 0.15) is 17.8 Å². The van der Waals surface area contributed by atoms with Gasteiger partial charge >= 0.3 is 0 Å². The average Bonchev–Trinajstić information content (AvgIpc) is 2.90.